The molecule has 0 aliphatic heterocycles. The molecule has 0 saturated carbocycles. The van der Waals surface area contributed by atoms with Crippen LogP contribution in [0.2, 0.25) is 0 Å². The van der Waals surface area contributed by atoms with Gasteiger partial charge in [-0.15, -0.1) is 11.3 Å². The van der Waals surface area contributed by atoms with Crippen LogP contribution in [-0.4, -0.2) is 9.38 Å². The lowest BCUT2D eigenvalue weighted by Gasteiger charge is -2.12. The predicted molar refractivity (Wildman–Crippen MR) is 117 cm³/mol. The number of fused-ring (bicyclic) bond motifs is 9. The van der Waals surface area contributed by atoms with Crippen LogP contribution in [0.25, 0.3) is 48.2 Å². The van der Waals surface area contributed by atoms with Gasteiger partial charge >= 0.3 is 0 Å². The normalized spacial score (nSPS) is 12.3. The number of aryl methyl sites for hydroxylation is 3. The third-order valence-electron chi connectivity index (χ3n) is 5.98. The minimum atomic E-state index is -0.153. The zero-order chi connectivity index (χ0) is 19.2. The number of thiophene rings is 1. The highest BCUT2D eigenvalue weighted by Crippen LogP contribution is 2.39. The first-order valence-corrected chi connectivity index (χ1v) is 10.2. The molecule has 0 bridgehead atoms. The van der Waals surface area contributed by atoms with Crippen LogP contribution in [0, 0.1) is 25.9 Å². The van der Waals surface area contributed by atoms with Crippen LogP contribution >= 0.6 is 11.3 Å². The molecule has 0 N–H and O–H groups in total. The molecular weight excluding hydrogens is 367 g/mol. The molecule has 0 amide bonds. The largest absolute Gasteiger partial charge is 0.295 e. The molecular formula is C24H17FN2S. The standard InChI is InChI=1S/C24H17FN2S/c1-12-5-4-6-15-9-19-18(10-17(12)15)16-7-8-21-20(11-22(25)28-21)23(16)27-14(3)13(2)26-24(19)27/h4-11H,1-3H3. The number of imidazole rings is 1. The molecule has 0 saturated heterocycles. The summed E-state index contributed by atoms with van der Waals surface area (Å²) in [5, 5.41) is 6.71. The summed E-state index contributed by atoms with van der Waals surface area (Å²) in [6, 6.07) is 16.8. The number of pyridine rings is 1. The van der Waals surface area contributed by atoms with E-state index in [9.17, 15) is 4.39 Å². The first kappa shape index (κ1) is 16.0. The molecule has 0 atom stereocenters. The molecule has 3 aromatic carbocycles. The number of rotatable bonds is 0. The zero-order valence-corrected chi connectivity index (χ0v) is 16.6. The fraction of sp³-hybridized carbons (Fsp3) is 0.125. The molecule has 0 spiro atoms. The Morgan fingerprint density at radius 3 is 2.57 bits per heavy atom. The second-order valence-electron chi connectivity index (χ2n) is 7.56. The van der Waals surface area contributed by atoms with Gasteiger partial charge in [-0.1, -0.05) is 24.3 Å². The van der Waals surface area contributed by atoms with Crippen molar-refractivity contribution in [2.75, 3.05) is 0 Å². The summed E-state index contributed by atoms with van der Waals surface area (Å²) in [6.45, 7) is 6.28. The number of halogens is 1. The SMILES string of the molecule is Cc1nc2c3cc4cccc(C)c4cc3c3ccc4sc(F)cc4c3n2c1C. The Morgan fingerprint density at radius 2 is 1.71 bits per heavy atom. The number of hydrogen-bond donors (Lipinski definition) is 0. The summed E-state index contributed by atoms with van der Waals surface area (Å²) in [5.74, 6) is 0. The molecule has 4 heteroatoms. The van der Waals surface area contributed by atoms with Gasteiger partial charge in [-0.05, 0) is 66.8 Å². The van der Waals surface area contributed by atoms with Crippen molar-refractivity contribution < 1.29 is 4.39 Å². The molecule has 6 aromatic rings. The number of aromatic nitrogens is 2. The summed E-state index contributed by atoms with van der Waals surface area (Å²) >= 11 is 1.20. The van der Waals surface area contributed by atoms with Crippen molar-refractivity contribution in [2.24, 2.45) is 0 Å². The van der Waals surface area contributed by atoms with Crippen molar-refractivity contribution in [2.45, 2.75) is 20.8 Å². The van der Waals surface area contributed by atoms with Crippen molar-refractivity contribution in [3.8, 4) is 0 Å². The summed E-state index contributed by atoms with van der Waals surface area (Å²) < 4.78 is 17.3. The van der Waals surface area contributed by atoms with Crippen LogP contribution in [0.15, 0.2) is 48.5 Å². The molecule has 3 heterocycles. The van der Waals surface area contributed by atoms with E-state index in [0.717, 1.165) is 43.4 Å². The number of hydrogen-bond acceptors (Lipinski definition) is 2. The zero-order valence-electron chi connectivity index (χ0n) is 15.8. The Balaban J connectivity index is 2.01. The fourth-order valence-electron chi connectivity index (χ4n) is 4.48. The van der Waals surface area contributed by atoms with Gasteiger partial charge in [-0.3, -0.25) is 4.40 Å². The highest BCUT2D eigenvalue weighted by atomic mass is 32.1. The molecule has 0 radical (unpaired) electrons. The van der Waals surface area contributed by atoms with E-state index in [1.54, 1.807) is 6.07 Å². The maximum atomic E-state index is 14.1. The number of benzene rings is 3. The van der Waals surface area contributed by atoms with Gasteiger partial charge < -0.3 is 0 Å². The van der Waals surface area contributed by atoms with E-state index >= 15 is 0 Å². The van der Waals surface area contributed by atoms with Crippen LogP contribution in [0.5, 0.6) is 0 Å². The fourth-order valence-corrected chi connectivity index (χ4v) is 5.27. The lowest BCUT2D eigenvalue weighted by Crippen LogP contribution is -1.94. The second kappa shape index (κ2) is 5.30. The van der Waals surface area contributed by atoms with Gasteiger partial charge in [0, 0.05) is 26.6 Å². The van der Waals surface area contributed by atoms with Crippen LogP contribution < -0.4 is 0 Å². The van der Waals surface area contributed by atoms with Crippen molar-refractivity contribution in [3.63, 3.8) is 0 Å². The van der Waals surface area contributed by atoms with Crippen LogP contribution in [-0.2, 0) is 0 Å². The van der Waals surface area contributed by atoms with E-state index < -0.39 is 0 Å². The molecule has 2 nitrogen and oxygen atoms in total. The average Bonchev–Trinajstić information content (AvgIpc) is 3.20. The Labute approximate surface area is 164 Å². The van der Waals surface area contributed by atoms with Gasteiger partial charge in [0.25, 0.3) is 0 Å². The van der Waals surface area contributed by atoms with Crippen LogP contribution in [0.3, 0.4) is 0 Å². The van der Waals surface area contributed by atoms with E-state index in [1.807, 2.05) is 13.0 Å². The molecule has 0 aliphatic carbocycles. The monoisotopic (exact) mass is 384 g/mol. The lowest BCUT2D eigenvalue weighted by molar-refractivity contribution is 0.658. The first-order chi connectivity index (χ1) is 13.5. The Morgan fingerprint density at radius 1 is 0.857 bits per heavy atom. The van der Waals surface area contributed by atoms with E-state index in [0.29, 0.717) is 0 Å². The van der Waals surface area contributed by atoms with Gasteiger partial charge in [0.1, 0.15) is 5.65 Å². The van der Waals surface area contributed by atoms with Crippen LogP contribution in [0.4, 0.5) is 4.39 Å². The quantitative estimate of drug-likeness (QED) is 0.202. The van der Waals surface area contributed by atoms with E-state index in [2.05, 4.69) is 54.6 Å². The summed E-state index contributed by atoms with van der Waals surface area (Å²) in [5.41, 5.74) is 5.35. The summed E-state index contributed by atoms with van der Waals surface area (Å²) in [4.78, 5) is 4.91. The van der Waals surface area contributed by atoms with E-state index in [1.165, 1.54) is 33.1 Å². The maximum Gasteiger partial charge on any atom is 0.177 e. The van der Waals surface area contributed by atoms with Gasteiger partial charge in [0.15, 0.2) is 5.13 Å². The second-order valence-corrected chi connectivity index (χ2v) is 8.59. The Kier molecular flexibility index (Phi) is 3.03. The van der Waals surface area contributed by atoms with Crippen molar-refractivity contribution in [3.05, 3.63) is 70.6 Å². The summed E-state index contributed by atoms with van der Waals surface area (Å²) in [7, 11) is 0. The first-order valence-electron chi connectivity index (χ1n) is 9.35. The molecule has 136 valence electrons. The minimum absolute atomic E-state index is 0.153. The third-order valence-corrected chi connectivity index (χ3v) is 6.87. The number of nitrogens with zero attached hydrogens (tertiary/aromatic N) is 2. The molecule has 28 heavy (non-hydrogen) atoms. The highest BCUT2D eigenvalue weighted by molar-refractivity contribution is 7.17. The Bertz CT molecular complexity index is 1600. The molecule has 0 aliphatic rings. The Hall–Kier alpha value is -2.98. The third kappa shape index (κ3) is 1.93. The van der Waals surface area contributed by atoms with Gasteiger partial charge in [0.05, 0.1) is 11.2 Å². The maximum absolute atomic E-state index is 14.1. The molecule has 6 rings (SSSR count). The molecule has 0 unspecified atom stereocenters. The van der Waals surface area contributed by atoms with Crippen molar-refractivity contribution in [1.82, 2.24) is 9.38 Å². The highest BCUT2D eigenvalue weighted by Gasteiger charge is 2.18. The van der Waals surface area contributed by atoms with Crippen molar-refractivity contribution >= 4 is 59.5 Å². The van der Waals surface area contributed by atoms with E-state index in [4.69, 9.17) is 4.98 Å². The summed E-state index contributed by atoms with van der Waals surface area (Å²) in [6.07, 6.45) is 0. The molecule has 0 fully saturated rings. The van der Waals surface area contributed by atoms with Gasteiger partial charge in [0.2, 0.25) is 0 Å². The van der Waals surface area contributed by atoms with Crippen molar-refractivity contribution in [1.29, 1.82) is 0 Å². The smallest absolute Gasteiger partial charge is 0.177 e. The van der Waals surface area contributed by atoms with E-state index in [-0.39, 0.29) is 5.13 Å². The van der Waals surface area contributed by atoms with Gasteiger partial charge in [-0.25, -0.2) is 4.98 Å². The van der Waals surface area contributed by atoms with Gasteiger partial charge in [-0.2, -0.15) is 4.39 Å². The minimum Gasteiger partial charge on any atom is -0.295 e. The van der Waals surface area contributed by atoms with Crippen LogP contribution in [0.1, 0.15) is 17.0 Å². The predicted octanol–water partition coefficient (Wildman–Crippen LogP) is 7.07. The molecule has 3 aromatic heterocycles. The lowest BCUT2D eigenvalue weighted by atomic mass is 9.97. The average molecular weight is 384 g/mol. The topological polar surface area (TPSA) is 17.3 Å².